The number of carbonyl (C=O) groups excluding carboxylic acids is 1. The minimum atomic E-state index is -0.266. The number of ether oxygens (including phenoxy) is 1. The number of furan rings is 1. The first kappa shape index (κ1) is 12.2. The van der Waals surface area contributed by atoms with Crippen LogP contribution in [0.4, 0.5) is 0 Å². The molecule has 18 heavy (non-hydrogen) atoms. The number of carbonyl (C=O) groups is 1. The van der Waals surface area contributed by atoms with Gasteiger partial charge in [0.05, 0.1) is 16.1 Å². The van der Waals surface area contributed by atoms with Gasteiger partial charge in [-0.05, 0) is 48.0 Å². The molecule has 0 radical (unpaired) electrons. The Hall–Kier alpha value is -0.810. The molecule has 1 saturated heterocycles. The van der Waals surface area contributed by atoms with E-state index in [1.165, 1.54) is 19.1 Å². The number of hydrogen-bond acceptors (Lipinski definition) is 3. The minimum Gasteiger partial charge on any atom is -0.458 e. The summed E-state index contributed by atoms with van der Waals surface area (Å²) in [5.41, 5.74) is -0.266. The van der Waals surface area contributed by atoms with E-state index in [0.29, 0.717) is 11.7 Å². The third-order valence-electron chi connectivity index (χ3n) is 3.79. The molecule has 1 aliphatic carbocycles. The fourth-order valence-corrected chi connectivity index (χ4v) is 2.97. The molecule has 1 N–H and O–H groups in total. The largest absolute Gasteiger partial charge is 0.458 e. The van der Waals surface area contributed by atoms with Crippen molar-refractivity contribution >= 4 is 21.8 Å². The first-order valence-corrected chi connectivity index (χ1v) is 7.06. The van der Waals surface area contributed by atoms with E-state index in [2.05, 4.69) is 28.2 Å². The molecular weight excluding hydrogens is 298 g/mol. The third kappa shape index (κ3) is 2.21. The first-order chi connectivity index (χ1) is 8.58. The summed E-state index contributed by atoms with van der Waals surface area (Å²) in [6, 6.07) is 1.68. The Kier molecular flexibility index (Phi) is 2.98. The maximum atomic E-state index is 12.1. The van der Waals surface area contributed by atoms with Crippen LogP contribution >= 0.6 is 15.9 Å². The van der Waals surface area contributed by atoms with Gasteiger partial charge in [-0.3, -0.25) is 4.79 Å². The molecule has 2 fully saturated rings. The molecule has 2 atom stereocenters. The van der Waals surface area contributed by atoms with E-state index in [4.69, 9.17) is 9.15 Å². The predicted molar refractivity (Wildman–Crippen MR) is 69.4 cm³/mol. The van der Waals surface area contributed by atoms with Crippen LogP contribution in [0.5, 0.6) is 0 Å². The molecule has 2 aliphatic rings. The molecule has 98 valence electrons. The monoisotopic (exact) mass is 313 g/mol. The number of amides is 1. The van der Waals surface area contributed by atoms with Gasteiger partial charge in [-0.2, -0.15) is 0 Å². The van der Waals surface area contributed by atoms with E-state index in [1.807, 2.05) is 0 Å². The Morgan fingerprint density at radius 1 is 1.56 bits per heavy atom. The van der Waals surface area contributed by atoms with Crippen LogP contribution in [-0.2, 0) is 4.74 Å². The average molecular weight is 314 g/mol. The van der Waals surface area contributed by atoms with Crippen molar-refractivity contribution in [2.45, 2.75) is 37.8 Å². The molecule has 2 unspecified atom stereocenters. The molecule has 0 bridgehead atoms. The van der Waals surface area contributed by atoms with Crippen molar-refractivity contribution in [1.82, 2.24) is 5.32 Å². The number of nitrogens with one attached hydrogen (secondary N) is 1. The van der Waals surface area contributed by atoms with Crippen molar-refractivity contribution in [3.63, 3.8) is 0 Å². The second-order valence-electron chi connectivity index (χ2n) is 5.38. The molecule has 0 aromatic carbocycles. The highest BCUT2D eigenvalue weighted by Crippen LogP contribution is 2.43. The summed E-state index contributed by atoms with van der Waals surface area (Å²) in [6.45, 7) is 2.79. The highest BCUT2D eigenvalue weighted by molar-refractivity contribution is 9.10. The normalized spacial score (nSPS) is 31.6. The standard InChI is InChI=1S/C13H16BrNO3/c1-13(4-5-17-11(13)8-2-3-8)15-12(16)10-6-9(14)7-18-10/h6-8,11H,2-5H2,1H3,(H,15,16). The minimum absolute atomic E-state index is 0.153. The van der Waals surface area contributed by atoms with Crippen LogP contribution in [0.1, 0.15) is 36.7 Å². The van der Waals surface area contributed by atoms with Gasteiger partial charge in [0.15, 0.2) is 5.76 Å². The second-order valence-corrected chi connectivity index (χ2v) is 6.30. The van der Waals surface area contributed by atoms with Crippen LogP contribution in [-0.4, -0.2) is 24.2 Å². The van der Waals surface area contributed by atoms with Crippen LogP contribution in [0.15, 0.2) is 21.2 Å². The van der Waals surface area contributed by atoms with Crippen LogP contribution in [0.25, 0.3) is 0 Å². The molecule has 1 amide bonds. The zero-order valence-electron chi connectivity index (χ0n) is 10.2. The van der Waals surface area contributed by atoms with E-state index in [9.17, 15) is 4.79 Å². The summed E-state index contributed by atoms with van der Waals surface area (Å²) in [5.74, 6) is 0.782. The Balaban J connectivity index is 1.72. The maximum absolute atomic E-state index is 12.1. The summed E-state index contributed by atoms with van der Waals surface area (Å²) in [5, 5.41) is 3.08. The molecule has 5 heteroatoms. The molecule has 3 rings (SSSR count). The van der Waals surface area contributed by atoms with E-state index in [0.717, 1.165) is 17.5 Å². The molecular formula is C13H16BrNO3. The van der Waals surface area contributed by atoms with Gasteiger partial charge in [-0.25, -0.2) is 0 Å². The number of halogens is 1. The number of hydrogen-bond donors (Lipinski definition) is 1. The summed E-state index contributed by atoms with van der Waals surface area (Å²) in [7, 11) is 0. The van der Waals surface area contributed by atoms with Gasteiger partial charge in [0.25, 0.3) is 5.91 Å². The van der Waals surface area contributed by atoms with Crippen molar-refractivity contribution in [3.05, 3.63) is 22.6 Å². The predicted octanol–water partition coefficient (Wildman–Crippen LogP) is 2.73. The Morgan fingerprint density at radius 3 is 2.94 bits per heavy atom. The van der Waals surface area contributed by atoms with E-state index >= 15 is 0 Å². The molecule has 0 spiro atoms. The van der Waals surface area contributed by atoms with Crippen molar-refractivity contribution < 1.29 is 13.9 Å². The zero-order valence-corrected chi connectivity index (χ0v) is 11.8. The molecule has 1 saturated carbocycles. The van der Waals surface area contributed by atoms with Crippen molar-refractivity contribution in [1.29, 1.82) is 0 Å². The molecule has 1 aliphatic heterocycles. The van der Waals surface area contributed by atoms with Gasteiger partial charge < -0.3 is 14.5 Å². The SMILES string of the molecule is CC1(NC(=O)c2cc(Br)co2)CCOC1C1CC1. The summed E-state index contributed by atoms with van der Waals surface area (Å²) < 4.78 is 11.7. The highest BCUT2D eigenvalue weighted by Gasteiger charge is 2.49. The van der Waals surface area contributed by atoms with Crippen molar-refractivity contribution in [2.75, 3.05) is 6.61 Å². The van der Waals surface area contributed by atoms with E-state index < -0.39 is 0 Å². The zero-order chi connectivity index (χ0) is 12.8. The third-order valence-corrected chi connectivity index (χ3v) is 4.20. The summed E-state index contributed by atoms with van der Waals surface area (Å²) >= 11 is 3.27. The van der Waals surface area contributed by atoms with Crippen LogP contribution in [0, 0.1) is 5.92 Å². The van der Waals surface area contributed by atoms with Gasteiger partial charge >= 0.3 is 0 Å². The fraction of sp³-hybridized carbons (Fsp3) is 0.615. The number of rotatable bonds is 3. The molecule has 4 nitrogen and oxygen atoms in total. The lowest BCUT2D eigenvalue weighted by molar-refractivity contribution is 0.0505. The fourth-order valence-electron chi connectivity index (χ4n) is 2.67. The summed E-state index contributed by atoms with van der Waals surface area (Å²) in [6.07, 6.45) is 4.95. The van der Waals surface area contributed by atoms with E-state index in [1.54, 1.807) is 6.07 Å². The second kappa shape index (κ2) is 4.38. The van der Waals surface area contributed by atoms with Crippen molar-refractivity contribution in [3.8, 4) is 0 Å². The molecule has 2 heterocycles. The van der Waals surface area contributed by atoms with E-state index in [-0.39, 0.29) is 17.6 Å². The topological polar surface area (TPSA) is 51.5 Å². The van der Waals surface area contributed by atoms with Crippen LogP contribution in [0.2, 0.25) is 0 Å². The Labute approximate surface area is 114 Å². The van der Waals surface area contributed by atoms with Gasteiger partial charge in [0.2, 0.25) is 0 Å². The molecule has 1 aromatic heterocycles. The maximum Gasteiger partial charge on any atom is 0.287 e. The van der Waals surface area contributed by atoms with Crippen LogP contribution < -0.4 is 5.32 Å². The first-order valence-electron chi connectivity index (χ1n) is 6.27. The average Bonchev–Trinajstić information content (AvgIpc) is 2.95. The van der Waals surface area contributed by atoms with Gasteiger partial charge in [0.1, 0.15) is 6.26 Å². The quantitative estimate of drug-likeness (QED) is 0.933. The highest BCUT2D eigenvalue weighted by atomic mass is 79.9. The van der Waals surface area contributed by atoms with Gasteiger partial charge in [-0.15, -0.1) is 0 Å². The Morgan fingerprint density at radius 2 is 2.33 bits per heavy atom. The van der Waals surface area contributed by atoms with Gasteiger partial charge in [-0.1, -0.05) is 0 Å². The van der Waals surface area contributed by atoms with Crippen molar-refractivity contribution in [2.24, 2.45) is 5.92 Å². The summed E-state index contributed by atoms with van der Waals surface area (Å²) in [4.78, 5) is 12.1. The van der Waals surface area contributed by atoms with Gasteiger partial charge in [0, 0.05) is 12.7 Å². The smallest absolute Gasteiger partial charge is 0.287 e. The lowest BCUT2D eigenvalue weighted by Gasteiger charge is -2.30. The van der Waals surface area contributed by atoms with Crippen LogP contribution in [0.3, 0.4) is 0 Å². The lowest BCUT2D eigenvalue weighted by atomic mass is 9.90. The molecule has 1 aromatic rings. The Bertz CT molecular complexity index is 469. The lowest BCUT2D eigenvalue weighted by Crippen LogP contribution is -2.52.